The van der Waals surface area contributed by atoms with Gasteiger partial charge in [0.25, 0.3) is 0 Å². The lowest BCUT2D eigenvalue weighted by Gasteiger charge is -2.45. The van der Waals surface area contributed by atoms with Gasteiger partial charge < -0.3 is 15.0 Å². The summed E-state index contributed by atoms with van der Waals surface area (Å²) >= 11 is 0. The van der Waals surface area contributed by atoms with E-state index in [9.17, 15) is 5.26 Å². The summed E-state index contributed by atoms with van der Waals surface area (Å²) in [6, 6.07) is 11.3. The first-order chi connectivity index (χ1) is 15.5. The molecule has 3 saturated heterocycles. The van der Waals surface area contributed by atoms with E-state index in [1.165, 1.54) is 18.4 Å². The van der Waals surface area contributed by atoms with Gasteiger partial charge in [-0.15, -0.1) is 0 Å². The number of ether oxygens (including phenoxy) is 1. The normalized spacial score (nSPS) is 23.5. The Labute approximate surface area is 190 Å². The summed E-state index contributed by atoms with van der Waals surface area (Å²) in [7, 11) is 0. The van der Waals surface area contributed by atoms with Crippen LogP contribution in [0.2, 0.25) is 0 Å². The summed E-state index contributed by atoms with van der Waals surface area (Å²) in [5.41, 5.74) is 2.04. The van der Waals surface area contributed by atoms with E-state index in [1.54, 1.807) is 18.3 Å². The maximum Gasteiger partial charge on any atom is 0.134 e. The molecule has 1 N–H and O–H groups in total. The summed E-state index contributed by atoms with van der Waals surface area (Å²) in [6.07, 6.45) is 6.33. The van der Waals surface area contributed by atoms with Crippen molar-refractivity contribution in [3.63, 3.8) is 0 Å². The van der Waals surface area contributed by atoms with Crippen LogP contribution in [0.1, 0.15) is 50.7 Å². The van der Waals surface area contributed by atoms with Gasteiger partial charge in [0, 0.05) is 18.8 Å². The fourth-order valence-electron chi connectivity index (χ4n) is 5.15. The van der Waals surface area contributed by atoms with E-state index < -0.39 is 0 Å². The molecule has 7 nitrogen and oxygen atoms in total. The maximum absolute atomic E-state index is 9.24. The molecule has 32 heavy (non-hydrogen) atoms. The quantitative estimate of drug-likeness (QED) is 0.769. The van der Waals surface area contributed by atoms with Crippen molar-refractivity contribution < 1.29 is 4.74 Å². The number of nitrogens with zero attached hydrogens (tertiary/aromatic N) is 5. The zero-order valence-electron chi connectivity index (χ0n) is 19.0. The minimum absolute atomic E-state index is 0.111. The number of hydrogen-bond donors (Lipinski definition) is 1. The summed E-state index contributed by atoms with van der Waals surface area (Å²) in [4.78, 5) is 14.4. The summed E-state index contributed by atoms with van der Waals surface area (Å²) in [6.45, 7) is 9.70. The van der Waals surface area contributed by atoms with Crippen molar-refractivity contribution in [2.75, 3.05) is 43.1 Å². The van der Waals surface area contributed by atoms with Gasteiger partial charge in [0.1, 0.15) is 17.5 Å². The van der Waals surface area contributed by atoms with Gasteiger partial charge in [-0.1, -0.05) is 6.92 Å². The Morgan fingerprint density at radius 3 is 2.62 bits per heavy atom. The van der Waals surface area contributed by atoms with Crippen LogP contribution in [-0.4, -0.2) is 59.8 Å². The van der Waals surface area contributed by atoms with E-state index in [1.807, 2.05) is 0 Å². The number of pyridine rings is 2. The molecular formula is C25H32N6O. The van der Waals surface area contributed by atoms with E-state index in [0.717, 1.165) is 57.3 Å². The molecule has 0 bridgehead atoms. The fourth-order valence-corrected chi connectivity index (χ4v) is 5.15. The number of hydrogen-bond acceptors (Lipinski definition) is 7. The predicted molar refractivity (Wildman–Crippen MR) is 125 cm³/mol. The molecule has 0 aliphatic carbocycles. The second-order valence-corrected chi connectivity index (χ2v) is 9.74. The van der Waals surface area contributed by atoms with Crippen molar-refractivity contribution >= 4 is 17.5 Å². The van der Waals surface area contributed by atoms with Crippen LogP contribution in [0.5, 0.6) is 0 Å². The van der Waals surface area contributed by atoms with Crippen molar-refractivity contribution in [3.8, 4) is 6.07 Å². The minimum Gasteiger partial charge on any atom is -0.378 e. The molecule has 7 heteroatoms. The van der Waals surface area contributed by atoms with Gasteiger partial charge >= 0.3 is 0 Å². The lowest BCUT2D eigenvalue weighted by atomic mass is 9.74. The number of nitrogens with one attached hydrogen (secondary N) is 1. The first kappa shape index (κ1) is 21.2. The van der Waals surface area contributed by atoms with E-state index in [-0.39, 0.29) is 5.41 Å². The number of likely N-dealkylation sites (tertiary alicyclic amines) is 1. The highest BCUT2D eigenvalue weighted by atomic mass is 16.5. The Hall–Kier alpha value is -2.69. The number of nitriles is 1. The van der Waals surface area contributed by atoms with Gasteiger partial charge in [-0.2, -0.15) is 5.26 Å². The lowest BCUT2D eigenvalue weighted by molar-refractivity contribution is -0.0751. The van der Waals surface area contributed by atoms with Crippen molar-refractivity contribution in [2.45, 2.75) is 57.0 Å². The first-order valence-corrected chi connectivity index (χ1v) is 11.8. The molecule has 3 fully saturated rings. The Bertz CT molecular complexity index is 1010. The van der Waals surface area contributed by atoms with Crippen molar-refractivity contribution in [3.05, 3.63) is 41.6 Å². The first-order valence-electron chi connectivity index (χ1n) is 11.8. The van der Waals surface area contributed by atoms with E-state index in [2.05, 4.69) is 52.2 Å². The molecule has 0 amide bonds. The molecule has 1 atom stereocenters. The van der Waals surface area contributed by atoms with E-state index in [0.29, 0.717) is 23.5 Å². The average Bonchev–Trinajstić information content (AvgIpc) is 3.20. The largest absolute Gasteiger partial charge is 0.378 e. The highest BCUT2D eigenvalue weighted by Crippen LogP contribution is 2.39. The number of anilines is 3. The molecule has 3 aliphatic heterocycles. The summed E-state index contributed by atoms with van der Waals surface area (Å²) in [5.74, 6) is 2.50. The topological polar surface area (TPSA) is 77.3 Å². The molecular weight excluding hydrogens is 400 g/mol. The third kappa shape index (κ3) is 4.17. The van der Waals surface area contributed by atoms with Gasteiger partial charge in [0.15, 0.2) is 0 Å². The van der Waals surface area contributed by atoms with Crippen LogP contribution >= 0.6 is 0 Å². The Kier molecular flexibility index (Phi) is 5.75. The zero-order valence-corrected chi connectivity index (χ0v) is 19.0. The Morgan fingerprint density at radius 1 is 1.16 bits per heavy atom. The van der Waals surface area contributed by atoms with Crippen molar-refractivity contribution in [1.29, 1.82) is 5.26 Å². The van der Waals surface area contributed by atoms with Crippen LogP contribution in [-0.2, 0) is 10.2 Å². The van der Waals surface area contributed by atoms with Gasteiger partial charge in [0.05, 0.1) is 30.9 Å². The van der Waals surface area contributed by atoms with Crippen LogP contribution < -0.4 is 10.2 Å². The van der Waals surface area contributed by atoms with Crippen LogP contribution in [0.15, 0.2) is 30.5 Å². The highest BCUT2D eigenvalue weighted by molar-refractivity contribution is 5.60. The van der Waals surface area contributed by atoms with Gasteiger partial charge in [0.2, 0.25) is 0 Å². The third-order valence-electron chi connectivity index (χ3n) is 7.54. The number of aromatic nitrogens is 2. The maximum atomic E-state index is 9.24. The molecule has 0 radical (unpaired) electrons. The van der Waals surface area contributed by atoms with E-state index >= 15 is 0 Å². The van der Waals surface area contributed by atoms with Crippen molar-refractivity contribution in [1.82, 2.24) is 14.9 Å². The van der Waals surface area contributed by atoms with Gasteiger partial charge in [-0.25, -0.2) is 9.97 Å². The van der Waals surface area contributed by atoms with Gasteiger partial charge in [-0.05, 0) is 80.9 Å². The Balaban J connectivity index is 1.44. The molecule has 2 aromatic heterocycles. The number of piperidine rings is 1. The second kappa shape index (κ2) is 8.68. The monoisotopic (exact) mass is 432 g/mol. The standard InChI is InChI=1S/C25H32N6O/c1-18-4-3-9-31(18)24-14-20(25(2)6-10-30(11-7-25)21-16-32-17-21)13-23(29-24)28-22-12-19(15-26)5-8-27-22/h5,8,12-14,18,21H,3-4,6-7,9-11,16-17H2,1-2H3,(H,27,28,29). The average molecular weight is 433 g/mol. The fraction of sp³-hybridized carbons (Fsp3) is 0.560. The summed E-state index contributed by atoms with van der Waals surface area (Å²) < 4.78 is 5.41. The zero-order chi connectivity index (χ0) is 22.1. The van der Waals surface area contributed by atoms with Crippen LogP contribution in [0.4, 0.5) is 17.5 Å². The smallest absolute Gasteiger partial charge is 0.134 e. The van der Waals surface area contributed by atoms with Crippen LogP contribution in [0, 0.1) is 11.3 Å². The van der Waals surface area contributed by atoms with Gasteiger partial charge in [-0.3, -0.25) is 4.90 Å². The minimum atomic E-state index is 0.111. The Morgan fingerprint density at radius 2 is 1.97 bits per heavy atom. The molecule has 2 aromatic rings. The third-order valence-corrected chi connectivity index (χ3v) is 7.54. The molecule has 0 saturated carbocycles. The molecule has 1 unspecified atom stereocenters. The molecule has 5 rings (SSSR count). The molecule has 0 spiro atoms. The van der Waals surface area contributed by atoms with Crippen molar-refractivity contribution in [2.24, 2.45) is 0 Å². The van der Waals surface area contributed by atoms with E-state index in [4.69, 9.17) is 9.72 Å². The van der Waals surface area contributed by atoms with Crippen LogP contribution in [0.3, 0.4) is 0 Å². The molecule has 168 valence electrons. The lowest BCUT2D eigenvalue weighted by Crippen LogP contribution is -2.53. The SMILES string of the molecule is CC1CCCN1c1cc(C2(C)CCN(C3COC3)CC2)cc(Nc2cc(C#N)ccn2)n1. The molecule has 3 aliphatic rings. The second-order valence-electron chi connectivity index (χ2n) is 9.74. The molecule has 5 heterocycles. The highest BCUT2D eigenvalue weighted by Gasteiger charge is 2.37. The number of rotatable bonds is 5. The van der Waals surface area contributed by atoms with Crippen LogP contribution in [0.25, 0.3) is 0 Å². The molecule has 0 aromatic carbocycles. The predicted octanol–water partition coefficient (Wildman–Crippen LogP) is 3.83. The summed E-state index contributed by atoms with van der Waals surface area (Å²) in [5, 5.41) is 12.6.